The number of nitrogens with one attached hydrogen (secondary N) is 2. The first-order valence-corrected chi connectivity index (χ1v) is 20.2. The number of carbonyl (C=O) groups is 3. The molecule has 2 unspecified atom stereocenters. The summed E-state index contributed by atoms with van der Waals surface area (Å²) in [6.07, 6.45) is 13.8. The number of alkyl halides is 2. The molecule has 2 atom stereocenters. The Balaban J connectivity index is 0.000000165. The van der Waals surface area contributed by atoms with Gasteiger partial charge < -0.3 is 15.0 Å². The van der Waals surface area contributed by atoms with E-state index in [1.807, 2.05) is 26.0 Å². The summed E-state index contributed by atoms with van der Waals surface area (Å²) >= 11 is 0. The zero-order chi connectivity index (χ0) is 41.6. The van der Waals surface area contributed by atoms with Gasteiger partial charge in [-0.3, -0.25) is 33.5 Å². The number of hydrogen-bond donors (Lipinski definition) is 2. The van der Waals surface area contributed by atoms with Gasteiger partial charge in [-0.05, 0) is 83.0 Å². The molecule has 3 aliphatic rings. The zero-order valence-electron chi connectivity index (χ0n) is 33.5. The zero-order valence-corrected chi connectivity index (χ0v) is 33.5. The van der Waals surface area contributed by atoms with E-state index in [2.05, 4.69) is 31.6 Å². The Kier molecular flexibility index (Phi) is 10.8. The van der Waals surface area contributed by atoms with Crippen LogP contribution in [-0.2, 0) is 16.6 Å². The van der Waals surface area contributed by atoms with Gasteiger partial charge in [0, 0.05) is 43.5 Å². The summed E-state index contributed by atoms with van der Waals surface area (Å²) in [7, 11) is 3.24. The summed E-state index contributed by atoms with van der Waals surface area (Å²) in [6.45, 7) is 4.17. The molecule has 2 aliphatic heterocycles. The summed E-state index contributed by atoms with van der Waals surface area (Å²) in [6, 6.07) is 10.0. The standard InChI is InChI=1S/C23H26N6O2.C19H22F2N4O3/c1-15(2)31-21-12-19-16(14-29(27-19)17-7-4-3-5-8-17)11-18(21)23(30)26-20-13-25-28-10-6-9-24-22(20)28;1-23-8-7-12(19(20,21)10-23)11-3-4-13-15(9-11)24(2)18(28)25(13)14-5-6-16(26)22-17(14)27/h6,9-15,17H,3-5,7-8H2,1-2H3,(H,26,30);3-4,9,12,14H,5-8,10H2,1-2H3,(H,22,26,27). The SMILES string of the molecule is CC(C)Oc1cc2nn(C3CCCCC3)cc2cc1C(=O)Nc1cnn2cccnc12.CN1CCC(c2ccc3c(c2)n(C)c(=O)n3C2CCC(=O)NC2=O)C(F)(F)C1. The molecule has 1 saturated carbocycles. The first kappa shape index (κ1) is 39.8. The van der Waals surface area contributed by atoms with E-state index in [0.717, 1.165) is 23.7 Å². The number of aromatic nitrogens is 7. The molecule has 2 saturated heterocycles. The number of anilines is 1. The minimum Gasteiger partial charge on any atom is -0.490 e. The van der Waals surface area contributed by atoms with Crippen molar-refractivity contribution in [1.82, 2.24) is 43.7 Å². The van der Waals surface area contributed by atoms with Gasteiger partial charge in [0.1, 0.15) is 17.5 Å². The van der Waals surface area contributed by atoms with Crippen molar-refractivity contribution in [2.24, 2.45) is 7.05 Å². The second-order valence-corrected chi connectivity index (χ2v) is 16.1. The molecule has 3 amide bonds. The average molecular weight is 811 g/mol. The maximum atomic E-state index is 14.6. The Bertz CT molecular complexity index is 2620. The molecule has 0 bridgehead atoms. The number of fused-ring (bicyclic) bond motifs is 3. The van der Waals surface area contributed by atoms with Crippen LogP contribution >= 0.6 is 0 Å². The molecule has 59 heavy (non-hydrogen) atoms. The van der Waals surface area contributed by atoms with Crippen molar-refractivity contribution in [3.8, 4) is 5.75 Å². The fourth-order valence-electron chi connectivity index (χ4n) is 8.59. The van der Waals surface area contributed by atoms with E-state index in [-0.39, 0.29) is 37.3 Å². The Morgan fingerprint density at radius 1 is 1.02 bits per heavy atom. The first-order valence-electron chi connectivity index (χ1n) is 20.2. The number of hydrogen-bond acceptors (Lipinski definition) is 9. The van der Waals surface area contributed by atoms with Crippen molar-refractivity contribution in [1.29, 1.82) is 0 Å². The number of benzene rings is 2. The topological polar surface area (TPSA) is 163 Å². The molecule has 2 N–H and O–H groups in total. The third kappa shape index (κ3) is 7.94. The second kappa shape index (κ2) is 16.0. The lowest BCUT2D eigenvalue weighted by Crippen LogP contribution is -2.45. The number of likely N-dealkylation sites (tertiary alicyclic amines) is 1. The van der Waals surface area contributed by atoms with Crippen LogP contribution in [0.15, 0.2) is 66.0 Å². The molecule has 15 nitrogen and oxygen atoms in total. The predicted molar refractivity (Wildman–Crippen MR) is 217 cm³/mol. The molecule has 2 aromatic carbocycles. The number of ether oxygens (including phenoxy) is 1. The largest absolute Gasteiger partial charge is 0.490 e. The van der Waals surface area contributed by atoms with Gasteiger partial charge >= 0.3 is 5.69 Å². The maximum absolute atomic E-state index is 14.6. The van der Waals surface area contributed by atoms with Crippen LogP contribution in [0.3, 0.4) is 0 Å². The molecular formula is C42H48F2N10O5. The van der Waals surface area contributed by atoms with Crippen LogP contribution in [0.25, 0.3) is 27.6 Å². The van der Waals surface area contributed by atoms with E-state index in [1.165, 1.54) is 28.4 Å². The van der Waals surface area contributed by atoms with Gasteiger partial charge in [0.25, 0.3) is 11.8 Å². The summed E-state index contributed by atoms with van der Waals surface area (Å²) < 4.78 is 41.5. The Morgan fingerprint density at radius 2 is 1.81 bits per heavy atom. The Morgan fingerprint density at radius 3 is 2.56 bits per heavy atom. The highest BCUT2D eigenvalue weighted by Crippen LogP contribution is 2.41. The number of carbonyl (C=O) groups excluding carboxylic acids is 3. The van der Waals surface area contributed by atoms with Crippen LogP contribution < -0.4 is 21.1 Å². The summed E-state index contributed by atoms with van der Waals surface area (Å²) in [5.41, 5.74) is 3.55. The third-order valence-electron chi connectivity index (χ3n) is 11.5. The maximum Gasteiger partial charge on any atom is 0.329 e. The molecule has 4 aromatic heterocycles. The van der Waals surface area contributed by atoms with Crippen molar-refractivity contribution >= 4 is 51.0 Å². The van der Waals surface area contributed by atoms with Crippen LogP contribution in [0.4, 0.5) is 14.5 Å². The van der Waals surface area contributed by atoms with Crippen molar-refractivity contribution in [3.05, 3.63) is 82.8 Å². The van der Waals surface area contributed by atoms with E-state index < -0.39 is 29.5 Å². The van der Waals surface area contributed by atoms with Gasteiger partial charge in [-0.25, -0.2) is 23.1 Å². The third-order valence-corrected chi connectivity index (χ3v) is 11.5. The first-order chi connectivity index (χ1) is 28.3. The summed E-state index contributed by atoms with van der Waals surface area (Å²) in [4.78, 5) is 55.6. The normalized spacial score (nSPS) is 20.2. The molecule has 17 heteroatoms. The van der Waals surface area contributed by atoms with Gasteiger partial charge in [-0.15, -0.1) is 0 Å². The number of aryl methyl sites for hydroxylation is 1. The van der Waals surface area contributed by atoms with Crippen molar-refractivity contribution < 1.29 is 27.9 Å². The van der Waals surface area contributed by atoms with Gasteiger partial charge in [0.15, 0.2) is 5.65 Å². The number of amides is 3. The lowest BCUT2D eigenvalue weighted by molar-refractivity contribution is -0.135. The van der Waals surface area contributed by atoms with Crippen molar-refractivity contribution in [2.45, 2.75) is 95.2 Å². The van der Waals surface area contributed by atoms with Crippen LogP contribution in [0.1, 0.15) is 99.1 Å². The van der Waals surface area contributed by atoms with Crippen LogP contribution in [0.5, 0.6) is 5.75 Å². The molecule has 0 spiro atoms. The lowest BCUT2D eigenvalue weighted by atomic mass is 9.86. The lowest BCUT2D eigenvalue weighted by Gasteiger charge is -2.36. The quantitative estimate of drug-likeness (QED) is 0.184. The number of halogens is 2. The molecule has 0 radical (unpaired) electrons. The molecule has 3 fully saturated rings. The van der Waals surface area contributed by atoms with E-state index in [1.54, 1.807) is 66.4 Å². The highest BCUT2D eigenvalue weighted by Gasteiger charge is 2.44. The number of nitrogens with zero attached hydrogens (tertiary/aromatic N) is 8. The van der Waals surface area contributed by atoms with Crippen molar-refractivity contribution in [2.75, 3.05) is 25.5 Å². The Hall–Kier alpha value is -5.97. The van der Waals surface area contributed by atoms with E-state index in [4.69, 9.17) is 9.84 Å². The molecule has 310 valence electrons. The van der Waals surface area contributed by atoms with Gasteiger partial charge in [0.05, 0.1) is 52.9 Å². The highest BCUT2D eigenvalue weighted by molar-refractivity contribution is 6.09. The van der Waals surface area contributed by atoms with Gasteiger partial charge in [0.2, 0.25) is 11.8 Å². The summed E-state index contributed by atoms with van der Waals surface area (Å²) in [5.74, 6) is -4.38. The van der Waals surface area contributed by atoms with E-state index in [9.17, 15) is 28.0 Å². The summed E-state index contributed by atoms with van der Waals surface area (Å²) in [5, 5.41) is 15.2. The number of imide groups is 1. The van der Waals surface area contributed by atoms with Gasteiger partial charge in [-0.2, -0.15) is 10.2 Å². The van der Waals surface area contributed by atoms with Crippen LogP contribution in [0.2, 0.25) is 0 Å². The molecule has 1 aliphatic carbocycles. The Labute approximate surface area is 338 Å². The van der Waals surface area contributed by atoms with E-state index in [0.29, 0.717) is 58.3 Å². The molecule has 6 aromatic rings. The van der Waals surface area contributed by atoms with Crippen molar-refractivity contribution in [3.63, 3.8) is 0 Å². The smallest absolute Gasteiger partial charge is 0.329 e. The second-order valence-electron chi connectivity index (χ2n) is 16.1. The average Bonchev–Trinajstić information content (AvgIpc) is 3.88. The molecule has 9 rings (SSSR count). The minimum absolute atomic E-state index is 0.0666. The fraction of sp³-hybridized carbons (Fsp3) is 0.452. The van der Waals surface area contributed by atoms with Gasteiger partial charge in [-0.1, -0.05) is 25.3 Å². The molecule has 6 heterocycles. The number of piperidine rings is 2. The van der Waals surface area contributed by atoms with E-state index >= 15 is 0 Å². The monoisotopic (exact) mass is 810 g/mol. The highest BCUT2D eigenvalue weighted by atomic mass is 19.3. The minimum atomic E-state index is -2.86. The predicted octanol–water partition coefficient (Wildman–Crippen LogP) is 6.00. The number of rotatable bonds is 7. The fourth-order valence-corrected chi connectivity index (χ4v) is 8.59. The molecular weight excluding hydrogens is 763 g/mol. The van der Waals surface area contributed by atoms with Crippen LogP contribution in [0, 0.1) is 0 Å². The number of imidazole rings is 1. The van der Waals surface area contributed by atoms with Crippen LogP contribution in [-0.4, -0.2) is 88.3 Å².